The van der Waals surface area contributed by atoms with E-state index in [1.807, 2.05) is 6.92 Å². The highest BCUT2D eigenvalue weighted by Gasteiger charge is 1.90. The van der Waals surface area contributed by atoms with Gasteiger partial charge in [0.2, 0.25) is 0 Å². The number of aliphatic hydroxyl groups excluding tert-OH is 2. The average Bonchev–Trinajstić information content (AvgIpc) is 2.30. The Hall–Kier alpha value is -1.92. The topological polar surface area (TPSA) is 115 Å². The van der Waals surface area contributed by atoms with E-state index in [2.05, 4.69) is 19.7 Å². The minimum atomic E-state index is -0.935. The number of carboxylic acid groups (broad SMARTS) is 2. The number of carboxylic acids is 2. The number of rotatable bonds is 3. The van der Waals surface area contributed by atoms with Crippen molar-refractivity contribution in [3.8, 4) is 0 Å². The molecular weight excluding hydrogens is 252 g/mol. The van der Waals surface area contributed by atoms with Gasteiger partial charge in [-0.05, 0) is 20.8 Å². The van der Waals surface area contributed by atoms with Crippen LogP contribution in [-0.4, -0.2) is 45.6 Å². The van der Waals surface area contributed by atoms with Gasteiger partial charge in [0.15, 0.2) is 0 Å². The molecule has 0 aromatic carbocycles. The van der Waals surface area contributed by atoms with Crippen molar-refractivity contribution in [1.82, 2.24) is 0 Å². The summed E-state index contributed by atoms with van der Waals surface area (Å²) in [6, 6.07) is 0. The lowest BCUT2D eigenvalue weighted by Crippen LogP contribution is -1.92. The minimum Gasteiger partial charge on any atom is -0.478 e. The Kier molecular flexibility index (Phi) is 29.0. The first-order valence-electron chi connectivity index (χ1n) is 5.18. The molecule has 0 aliphatic carbocycles. The molecule has 4 N–H and O–H groups in total. The van der Waals surface area contributed by atoms with Crippen LogP contribution in [0.4, 0.5) is 0 Å². The van der Waals surface area contributed by atoms with Gasteiger partial charge >= 0.3 is 11.9 Å². The van der Waals surface area contributed by atoms with Gasteiger partial charge in [-0.15, -0.1) is 6.58 Å². The lowest BCUT2D eigenvalue weighted by Gasteiger charge is -1.79. The third kappa shape index (κ3) is 63.6. The van der Waals surface area contributed by atoms with Crippen molar-refractivity contribution in [2.75, 3.05) is 13.2 Å². The van der Waals surface area contributed by atoms with Crippen LogP contribution >= 0.6 is 0 Å². The van der Waals surface area contributed by atoms with E-state index in [-0.39, 0.29) is 24.4 Å². The number of aliphatic hydroxyl groups is 2. The normalized spacial score (nSPS) is 7.00. The van der Waals surface area contributed by atoms with E-state index in [0.29, 0.717) is 0 Å². The molecule has 0 bridgehead atoms. The molecule has 0 rings (SSSR count). The predicted octanol–water partition coefficient (Wildman–Crippen LogP) is 1.46. The fourth-order valence-electron chi connectivity index (χ4n) is 0. The maximum Gasteiger partial charge on any atom is 0.330 e. The van der Waals surface area contributed by atoms with Crippen molar-refractivity contribution in [3.63, 3.8) is 0 Å². The van der Waals surface area contributed by atoms with E-state index in [9.17, 15) is 9.59 Å². The molecule has 0 amide bonds. The summed E-state index contributed by atoms with van der Waals surface area (Å²) in [7, 11) is 0. The maximum atomic E-state index is 9.60. The number of hydrogen-bond acceptors (Lipinski definition) is 4. The van der Waals surface area contributed by atoms with Crippen LogP contribution in [0.3, 0.4) is 0 Å². The summed E-state index contributed by atoms with van der Waals surface area (Å²) in [5.41, 5.74) is 0.352. The van der Waals surface area contributed by atoms with Gasteiger partial charge in [-0.1, -0.05) is 19.2 Å². The van der Waals surface area contributed by atoms with Gasteiger partial charge in [0, 0.05) is 11.1 Å². The summed E-state index contributed by atoms with van der Waals surface area (Å²) in [4.78, 5) is 19.2. The molecule has 0 radical (unpaired) electrons. The summed E-state index contributed by atoms with van der Waals surface area (Å²) < 4.78 is 0. The standard InChI is InChI=1S/2C4H6O2.C3H6.C2H6O2/c2*1-3(2)4(5)6;1-3-2;3-1-2-4/h2*1H2,2H3,(H,5,6);3H,1H2,2H3;3-4H,1-2H2. The van der Waals surface area contributed by atoms with Crippen molar-refractivity contribution in [3.05, 3.63) is 37.0 Å². The Morgan fingerprint density at radius 3 is 1.05 bits per heavy atom. The fraction of sp³-hybridized carbons (Fsp3) is 0.385. The first-order chi connectivity index (χ1) is 8.61. The molecule has 0 saturated heterocycles. The van der Waals surface area contributed by atoms with Gasteiger partial charge < -0.3 is 20.4 Å². The van der Waals surface area contributed by atoms with Gasteiger partial charge in [0.25, 0.3) is 0 Å². The van der Waals surface area contributed by atoms with E-state index in [1.165, 1.54) is 13.8 Å². The van der Waals surface area contributed by atoms with Crippen molar-refractivity contribution in [2.45, 2.75) is 20.8 Å². The summed E-state index contributed by atoms with van der Waals surface area (Å²) in [5, 5.41) is 31.0. The fourth-order valence-corrected chi connectivity index (χ4v) is 0. The number of allylic oxidation sites excluding steroid dienone is 1. The molecule has 0 aromatic rings. The molecule has 19 heavy (non-hydrogen) atoms. The second-order valence-corrected chi connectivity index (χ2v) is 3.03. The molecule has 0 aromatic heterocycles. The van der Waals surface area contributed by atoms with Gasteiger partial charge in [0.1, 0.15) is 0 Å². The van der Waals surface area contributed by atoms with Crippen LogP contribution in [0, 0.1) is 0 Å². The molecule has 0 saturated carbocycles. The number of hydrogen-bond donors (Lipinski definition) is 4. The van der Waals surface area contributed by atoms with E-state index >= 15 is 0 Å². The van der Waals surface area contributed by atoms with E-state index in [1.54, 1.807) is 6.08 Å². The summed E-state index contributed by atoms with van der Waals surface area (Å²) in [6.45, 7) is 14.2. The second kappa shape index (κ2) is 21.4. The first kappa shape index (κ1) is 25.8. The van der Waals surface area contributed by atoms with Crippen molar-refractivity contribution < 1.29 is 30.0 Å². The monoisotopic (exact) mass is 276 g/mol. The summed E-state index contributed by atoms with van der Waals surface area (Å²) in [6.07, 6.45) is 1.75. The highest BCUT2D eigenvalue weighted by atomic mass is 16.4. The first-order valence-corrected chi connectivity index (χ1v) is 5.18. The number of carbonyl (C=O) groups is 2. The Morgan fingerprint density at radius 2 is 1.05 bits per heavy atom. The highest BCUT2D eigenvalue weighted by Crippen LogP contribution is 1.81. The average molecular weight is 276 g/mol. The van der Waals surface area contributed by atoms with E-state index in [0.717, 1.165) is 0 Å². The molecule has 0 unspecified atom stereocenters. The lowest BCUT2D eigenvalue weighted by molar-refractivity contribution is -0.133. The van der Waals surface area contributed by atoms with Crippen molar-refractivity contribution >= 4 is 11.9 Å². The van der Waals surface area contributed by atoms with Crippen LogP contribution in [0.2, 0.25) is 0 Å². The highest BCUT2D eigenvalue weighted by molar-refractivity contribution is 5.85. The van der Waals surface area contributed by atoms with Crippen LogP contribution in [0.25, 0.3) is 0 Å². The van der Waals surface area contributed by atoms with Crippen LogP contribution in [0.5, 0.6) is 0 Å². The smallest absolute Gasteiger partial charge is 0.330 e. The molecular formula is C13H24O6. The van der Waals surface area contributed by atoms with Crippen LogP contribution < -0.4 is 0 Å². The summed E-state index contributed by atoms with van der Waals surface area (Å²) >= 11 is 0. The Bertz CT molecular complexity index is 231. The molecule has 112 valence electrons. The van der Waals surface area contributed by atoms with Gasteiger partial charge in [-0.3, -0.25) is 0 Å². The zero-order valence-electron chi connectivity index (χ0n) is 11.7. The zero-order chi connectivity index (χ0) is 16.4. The zero-order valence-corrected chi connectivity index (χ0v) is 11.7. The SMILES string of the molecule is C=C(C)C(=O)O.C=C(C)C(=O)O.C=CC.OCCO. The van der Waals surface area contributed by atoms with Crippen LogP contribution in [-0.2, 0) is 9.59 Å². The number of aliphatic carboxylic acids is 2. The largest absolute Gasteiger partial charge is 0.478 e. The third-order valence-corrected chi connectivity index (χ3v) is 0.830. The molecule has 6 nitrogen and oxygen atoms in total. The maximum absolute atomic E-state index is 9.60. The Balaban J connectivity index is -0.0000000821. The van der Waals surface area contributed by atoms with Gasteiger partial charge in [0.05, 0.1) is 13.2 Å². The molecule has 0 aliphatic rings. The summed E-state index contributed by atoms with van der Waals surface area (Å²) in [5.74, 6) is -1.87. The molecule has 0 heterocycles. The van der Waals surface area contributed by atoms with E-state index < -0.39 is 11.9 Å². The second-order valence-electron chi connectivity index (χ2n) is 3.03. The third-order valence-electron chi connectivity index (χ3n) is 0.830. The molecule has 0 fully saturated rings. The van der Waals surface area contributed by atoms with E-state index in [4.69, 9.17) is 20.4 Å². The van der Waals surface area contributed by atoms with Gasteiger partial charge in [-0.2, -0.15) is 0 Å². The quantitative estimate of drug-likeness (QED) is 0.458. The van der Waals surface area contributed by atoms with Crippen molar-refractivity contribution in [1.29, 1.82) is 0 Å². The molecule has 0 atom stereocenters. The Labute approximate surface area is 114 Å². The predicted molar refractivity (Wildman–Crippen MR) is 74.9 cm³/mol. The molecule has 0 spiro atoms. The molecule has 0 aliphatic heterocycles. The van der Waals surface area contributed by atoms with Crippen LogP contribution in [0.1, 0.15) is 20.8 Å². The van der Waals surface area contributed by atoms with Crippen molar-refractivity contribution in [2.24, 2.45) is 0 Å². The van der Waals surface area contributed by atoms with Crippen LogP contribution in [0.15, 0.2) is 37.0 Å². The molecule has 6 heteroatoms. The Morgan fingerprint density at radius 1 is 0.947 bits per heavy atom. The lowest BCUT2D eigenvalue weighted by atomic mass is 10.4. The van der Waals surface area contributed by atoms with Gasteiger partial charge in [-0.25, -0.2) is 9.59 Å². The minimum absolute atomic E-state index is 0.125.